The monoisotopic (exact) mass is 408 g/mol. The lowest BCUT2D eigenvalue weighted by Gasteiger charge is -2.03. The minimum absolute atomic E-state index is 0.000959. The predicted octanol–water partition coefficient (Wildman–Crippen LogP) is 4.00. The number of rotatable bonds is 20. The Balaban J connectivity index is 1.97. The zero-order valence-electron chi connectivity index (χ0n) is 18.7. The lowest BCUT2D eigenvalue weighted by atomic mass is 10.0. The number of carbonyl (C=O) groups excluding carboxylic acids is 1. The number of aliphatic carboxylic acids is 1. The van der Waals surface area contributed by atoms with Gasteiger partial charge in [0.2, 0.25) is 0 Å². The standard InChI is InChI=1S/C24H44N2O3/c1-2-3-4-5-6-7-8-9-10-11-12-13-14-15-16-17-22-21-26(18-19-27)23(25-22)20-24(28)29/h21,27H,2-20H2,1H3,(H,28,29). The number of aryl methyl sites for hydroxylation is 1. The van der Waals surface area contributed by atoms with Gasteiger partial charge in [0.25, 0.3) is 5.82 Å². The minimum Gasteiger partial charge on any atom is -0.549 e. The number of carboxylic acids is 1. The summed E-state index contributed by atoms with van der Waals surface area (Å²) in [5.41, 5.74) is 1.05. The molecular weight excluding hydrogens is 364 g/mol. The van der Waals surface area contributed by atoms with Crippen LogP contribution >= 0.6 is 0 Å². The molecule has 1 rings (SSSR count). The minimum atomic E-state index is -1.10. The molecule has 1 aromatic heterocycles. The number of aromatic nitrogens is 2. The summed E-state index contributed by atoms with van der Waals surface area (Å²) >= 11 is 0. The highest BCUT2D eigenvalue weighted by Crippen LogP contribution is 2.14. The Morgan fingerprint density at radius 3 is 1.83 bits per heavy atom. The number of unbranched alkanes of at least 4 members (excludes halogenated alkanes) is 14. The zero-order chi connectivity index (χ0) is 21.2. The van der Waals surface area contributed by atoms with E-state index in [0.717, 1.165) is 18.5 Å². The van der Waals surface area contributed by atoms with Gasteiger partial charge in [-0.05, 0) is 6.42 Å². The summed E-state index contributed by atoms with van der Waals surface area (Å²) in [6.45, 7) is 2.69. The summed E-state index contributed by atoms with van der Waals surface area (Å²) in [4.78, 5) is 14.0. The second kappa shape index (κ2) is 17.5. The third-order valence-corrected chi connectivity index (χ3v) is 5.67. The van der Waals surface area contributed by atoms with Gasteiger partial charge in [0, 0.05) is 6.42 Å². The molecule has 1 aromatic rings. The third-order valence-electron chi connectivity index (χ3n) is 5.67. The molecule has 0 aliphatic carbocycles. The molecule has 0 aliphatic heterocycles. The van der Waals surface area contributed by atoms with E-state index < -0.39 is 5.97 Å². The van der Waals surface area contributed by atoms with Crippen LogP contribution in [0.4, 0.5) is 0 Å². The zero-order valence-corrected chi connectivity index (χ0v) is 18.7. The second-order valence-corrected chi connectivity index (χ2v) is 8.39. The van der Waals surface area contributed by atoms with Crippen LogP contribution in [0.1, 0.15) is 115 Å². The number of carbonyl (C=O) groups is 1. The molecule has 0 aromatic carbocycles. The number of H-pyrrole nitrogens is 1. The normalized spacial score (nSPS) is 11.2. The fourth-order valence-corrected chi connectivity index (χ4v) is 3.96. The second-order valence-electron chi connectivity index (χ2n) is 8.39. The maximum absolute atomic E-state index is 10.8. The molecule has 29 heavy (non-hydrogen) atoms. The Hall–Kier alpha value is -1.36. The molecule has 0 bridgehead atoms. The number of aromatic amines is 1. The van der Waals surface area contributed by atoms with Gasteiger partial charge in [0.05, 0.1) is 19.0 Å². The van der Waals surface area contributed by atoms with Crippen molar-refractivity contribution in [3.63, 3.8) is 0 Å². The average Bonchev–Trinajstić information content (AvgIpc) is 3.06. The molecule has 5 nitrogen and oxygen atoms in total. The van der Waals surface area contributed by atoms with Gasteiger partial charge in [-0.3, -0.25) is 0 Å². The van der Waals surface area contributed by atoms with Crippen molar-refractivity contribution in [1.29, 1.82) is 0 Å². The highest BCUT2D eigenvalue weighted by Gasteiger charge is 2.15. The summed E-state index contributed by atoms with van der Waals surface area (Å²) in [7, 11) is 0. The number of nitrogens with zero attached hydrogens (tertiary/aromatic N) is 1. The number of aliphatic hydroxyl groups is 1. The fraction of sp³-hybridized carbons (Fsp3) is 0.833. The SMILES string of the molecule is CCCCCCCCCCCCCCCCCc1c[n+](CCO)c(CC(=O)[O-])[nH]1. The highest BCUT2D eigenvalue weighted by molar-refractivity contribution is 5.66. The van der Waals surface area contributed by atoms with Gasteiger partial charge in [-0.1, -0.05) is 96.8 Å². The van der Waals surface area contributed by atoms with Crippen molar-refractivity contribution in [2.45, 2.75) is 123 Å². The van der Waals surface area contributed by atoms with E-state index in [2.05, 4.69) is 11.9 Å². The molecule has 168 valence electrons. The summed E-state index contributed by atoms with van der Waals surface area (Å²) in [6.07, 6.45) is 23.0. The van der Waals surface area contributed by atoms with Crippen molar-refractivity contribution in [3.05, 3.63) is 17.7 Å². The van der Waals surface area contributed by atoms with E-state index in [-0.39, 0.29) is 13.0 Å². The van der Waals surface area contributed by atoms with Crippen LogP contribution in [0.2, 0.25) is 0 Å². The largest absolute Gasteiger partial charge is 0.549 e. The molecule has 0 atom stereocenters. The van der Waals surface area contributed by atoms with Crippen LogP contribution in [-0.2, 0) is 24.2 Å². The topological polar surface area (TPSA) is 80.0 Å². The maximum Gasteiger partial charge on any atom is 0.260 e. The summed E-state index contributed by atoms with van der Waals surface area (Å²) in [5.74, 6) is -0.493. The van der Waals surface area contributed by atoms with Crippen molar-refractivity contribution in [2.75, 3.05) is 6.61 Å². The van der Waals surface area contributed by atoms with Crippen molar-refractivity contribution in [3.8, 4) is 0 Å². The van der Waals surface area contributed by atoms with E-state index >= 15 is 0 Å². The van der Waals surface area contributed by atoms with Crippen LogP contribution in [0.25, 0.3) is 0 Å². The van der Waals surface area contributed by atoms with Crippen LogP contribution in [0.15, 0.2) is 6.20 Å². The first-order valence-electron chi connectivity index (χ1n) is 12.1. The number of carboxylic acid groups (broad SMARTS) is 1. The lowest BCUT2D eigenvalue weighted by molar-refractivity contribution is -0.703. The number of nitrogens with one attached hydrogen (secondary N) is 1. The maximum atomic E-state index is 10.8. The smallest absolute Gasteiger partial charge is 0.260 e. The molecule has 0 unspecified atom stereocenters. The summed E-state index contributed by atoms with van der Waals surface area (Å²) in [6, 6.07) is 0. The predicted molar refractivity (Wildman–Crippen MR) is 115 cm³/mol. The Kier molecular flexibility index (Phi) is 15.5. The van der Waals surface area contributed by atoms with Gasteiger partial charge in [-0.25, -0.2) is 9.55 Å². The van der Waals surface area contributed by atoms with Crippen LogP contribution in [0.3, 0.4) is 0 Å². The number of hydrogen-bond acceptors (Lipinski definition) is 3. The van der Waals surface area contributed by atoms with Crippen LogP contribution < -0.4 is 9.67 Å². The Morgan fingerprint density at radius 2 is 1.38 bits per heavy atom. The van der Waals surface area contributed by atoms with Crippen molar-refractivity contribution >= 4 is 5.97 Å². The molecule has 5 heteroatoms. The van der Waals surface area contributed by atoms with E-state index in [9.17, 15) is 9.90 Å². The molecule has 0 saturated heterocycles. The first kappa shape index (κ1) is 25.7. The molecule has 0 amide bonds. The van der Waals surface area contributed by atoms with Gasteiger partial charge >= 0.3 is 0 Å². The molecule has 0 aliphatic rings. The molecule has 0 fully saturated rings. The van der Waals surface area contributed by atoms with Crippen LogP contribution in [0.5, 0.6) is 0 Å². The molecule has 2 N–H and O–H groups in total. The molecule has 0 radical (unpaired) electrons. The van der Waals surface area contributed by atoms with Gasteiger partial charge in [-0.15, -0.1) is 0 Å². The average molecular weight is 409 g/mol. The Morgan fingerprint density at radius 1 is 0.897 bits per heavy atom. The quantitative estimate of drug-likeness (QED) is 0.253. The van der Waals surface area contributed by atoms with E-state index in [1.54, 1.807) is 4.57 Å². The third kappa shape index (κ3) is 13.5. The first-order valence-corrected chi connectivity index (χ1v) is 12.1. The van der Waals surface area contributed by atoms with Gasteiger partial charge in [-0.2, -0.15) is 0 Å². The van der Waals surface area contributed by atoms with Crippen molar-refractivity contribution in [1.82, 2.24) is 4.98 Å². The van der Waals surface area contributed by atoms with E-state index in [1.807, 2.05) is 6.20 Å². The summed E-state index contributed by atoms with van der Waals surface area (Å²) < 4.78 is 1.79. The molecular formula is C24H44N2O3. The summed E-state index contributed by atoms with van der Waals surface area (Å²) in [5, 5.41) is 19.9. The molecule has 1 heterocycles. The van der Waals surface area contributed by atoms with E-state index in [1.165, 1.54) is 89.9 Å². The van der Waals surface area contributed by atoms with E-state index in [4.69, 9.17) is 5.11 Å². The first-order chi connectivity index (χ1) is 14.2. The molecule has 0 saturated carbocycles. The highest BCUT2D eigenvalue weighted by atomic mass is 16.4. The van der Waals surface area contributed by atoms with Gasteiger partial charge in [0.15, 0.2) is 0 Å². The van der Waals surface area contributed by atoms with Crippen LogP contribution in [-0.4, -0.2) is 22.7 Å². The van der Waals surface area contributed by atoms with E-state index in [0.29, 0.717) is 12.4 Å². The van der Waals surface area contributed by atoms with Crippen LogP contribution in [0, 0.1) is 0 Å². The van der Waals surface area contributed by atoms with Gasteiger partial charge < -0.3 is 15.0 Å². The Bertz CT molecular complexity index is 528. The lowest BCUT2D eigenvalue weighted by Crippen LogP contribution is -2.40. The Labute approximate surface area is 177 Å². The van der Waals surface area contributed by atoms with Gasteiger partial charge in [0.1, 0.15) is 18.4 Å². The molecule has 0 spiro atoms. The van der Waals surface area contributed by atoms with Crippen molar-refractivity contribution in [2.24, 2.45) is 0 Å². The number of imidazole rings is 1. The fourth-order valence-electron chi connectivity index (χ4n) is 3.96. The van der Waals surface area contributed by atoms with Crippen molar-refractivity contribution < 1.29 is 19.6 Å². The number of aliphatic hydroxyl groups excluding tert-OH is 1. The number of hydrogen-bond donors (Lipinski definition) is 2.